The van der Waals surface area contributed by atoms with Crippen LogP contribution in [-0.4, -0.2) is 49.1 Å². The number of ketones is 1. The van der Waals surface area contributed by atoms with Gasteiger partial charge in [0.25, 0.3) is 0 Å². The standard InChI is InChI=1S/C29H33FN2O5S/c1-29(2,3)37-28(34)32-23-11-10-22(14-23)27(32)26(33)13-18(17-31)12-21-9-8-20(16-25(21)30)19-6-5-7-24(15-19)38(4,35)36/h5-9,15-16,18,22-23,27H,10-14H2,1-4H3/t18-,22+,23-,27+/m1/s1. The van der Waals surface area contributed by atoms with Crippen LogP contribution in [-0.2, 0) is 25.8 Å². The molecule has 2 aromatic rings. The number of carbonyl (C=O) groups is 2. The van der Waals surface area contributed by atoms with E-state index in [1.54, 1.807) is 49.9 Å². The first-order chi connectivity index (χ1) is 17.8. The van der Waals surface area contributed by atoms with Gasteiger partial charge in [-0.05, 0) is 87.3 Å². The number of halogens is 1. The number of rotatable bonds is 7. The molecule has 0 spiro atoms. The van der Waals surface area contributed by atoms with Crippen LogP contribution in [0.15, 0.2) is 47.4 Å². The van der Waals surface area contributed by atoms with Gasteiger partial charge in [-0.3, -0.25) is 9.69 Å². The summed E-state index contributed by atoms with van der Waals surface area (Å²) in [6, 6.07) is 12.3. The van der Waals surface area contributed by atoms with Gasteiger partial charge in [-0.15, -0.1) is 0 Å². The van der Waals surface area contributed by atoms with Crippen LogP contribution < -0.4 is 0 Å². The van der Waals surface area contributed by atoms with Crippen molar-refractivity contribution in [3.8, 4) is 17.2 Å². The van der Waals surface area contributed by atoms with Crippen LogP contribution >= 0.6 is 0 Å². The summed E-state index contributed by atoms with van der Waals surface area (Å²) in [5.74, 6) is -1.42. The molecule has 1 saturated heterocycles. The van der Waals surface area contributed by atoms with Crippen molar-refractivity contribution in [3.63, 3.8) is 0 Å². The maximum Gasteiger partial charge on any atom is 0.411 e. The molecule has 0 radical (unpaired) electrons. The largest absolute Gasteiger partial charge is 0.444 e. The molecule has 1 aliphatic carbocycles. The number of hydrogen-bond acceptors (Lipinski definition) is 6. The summed E-state index contributed by atoms with van der Waals surface area (Å²) in [5.41, 5.74) is 0.682. The van der Waals surface area contributed by atoms with E-state index in [1.807, 2.05) is 0 Å². The van der Waals surface area contributed by atoms with Crippen molar-refractivity contribution in [2.45, 2.75) is 75.5 Å². The highest BCUT2D eigenvalue weighted by Gasteiger charge is 2.52. The summed E-state index contributed by atoms with van der Waals surface area (Å²) in [6.45, 7) is 5.35. The van der Waals surface area contributed by atoms with E-state index in [2.05, 4.69) is 6.07 Å². The second-order valence-corrected chi connectivity index (χ2v) is 13.4. The number of ether oxygens (including phenoxy) is 1. The quantitative estimate of drug-likeness (QED) is 0.470. The number of amides is 1. The van der Waals surface area contributed by atoms with Crippen molar-refractivity contribution in [1.29, 1.82) is 5.26 Å². The van der Waals surface area contributed by atoms with E-state index in [-0.39, 0.29) is 35.5 Å². The molecule has 1 heterocycles. The first kappa shape index (κ1) is 27.8. The van der Waals surface area contributed by atoms with Crippen molar-refractivity contribution in [2.75, 3.05) is 6.26 Å². The summed E-state index contributed by atoms with van der Waals surface area (Å²) >= 11 is 0. The smallest absolute Gasteiger partial charge is 0.411 e. The Morgan fingerprint density at radius 1 is 1.16 bits per heavy atom. The Bertz CT molecular complexity index is 1390. The van der Waals surface area contributed by atoms with Crippen molar-refractivity contribution < 1.29 is 27.1 Å². The third-order valence-corrected chi connectivity index (χ3v) is 8.37. The second kappa shape index (κ2) is 10.5. The Hall–Kier alpha value is -3.25. The predicted molar refractivity (Wildman–Crippen MR) is 140 cm³/mol. The van der Waals surface area contributed by atoms with Crippen LogP contribution in [0.5, 0.6) is 0 Å². The lowest BCUT2D eigenvalue weighted by Crippen LogP contribution is -2.51. The number of Topliss-reactive ketones (excluding diaryl/α,β-unsaturated/α-hetero) is 1. The number of carbonyl (C=O) groups excluding carboxylic acids is 2. The average molecular weight is 541 g/mol. The van der Waals surface area contributed by atoms with Gasteiger partial charge in [0.15, 0.2) is 15.6 Å². The van der Waals surface area contributed by atoms with E-state index in [0.717, 1.165) is 25.5 Å². The first-order valence-electron chi connectivity index (χ1n) is 12.8. The molecule has 2 aliphatic rings. The van der Waals surface area contributed by atoms with Crippen LogP contribution in [0.3, 0.4) is 0 Å². The van der Waals surface area contributed by atoms with Crippen molar-refractivity contribution in [1.82, 2.24) is 4.90 Å². The minimum Gasteiger partial charge on any atom is -0.444 e. The Labute approximate surface area is 223 Å². The molecule has 2 bridgehead atoms. The fraction of sp³-hybridized carbons (Fsp3) is 0.483. The molecule has 0 aromatic heterocycles. The van der Waals surface area contributed by atoms with Gasteiger partial charge in [0.1, 0.15) is 11.4 Å². The van der Waals surface area contributed by atoms with Crippen LogP contribution in [0.25, 0.3) is 11.1 Å². The summed E-state index contributed by atoms with van der Waals surface area (Å²) in [5, 5.41) is 9.78. The molecule has 2 fully saturated rings. The van der Waals surface area contributed by atoms with Crippen LogP contribution in [0, 0.1) is 29.0 Å². The molecule has 2 aromatic carbocycles. The molecule has 4 atom stereocenters. The van der Waals surface area contributed by atoms with Crippen LogP contribution in [0.2, 0.25) is 0 Å². The number of hydrogen-bond donors (Lipinski definition) is 0. The molecule has 1 saturated carbocycles. The molecule has 202 valence electrons. The van der Waals surface area contributed by atoms with E-state index >= 15 is 4.39 Å². The van der Waals surface area contributed by atoms with Crippen molar-refractivity contribution >= 4 is 21.7 Å². The maximum atomic E-state index is 15.1. The minimum absolute atomic E-state index is 0.0319. The predicted octanol–water partition coefficient (Wildman–Crippen LogP) is 5.33. The highest BCUT2D eigenvalue weighted by molar-refractivity contribution is 7.90. The summed E-state index contributed by atoms with van der Waals surface area (Å²) in [7, 11) is -3.41. The summed E-state index contributed by atoms with van der Waals surface area (Å²) in [6.07, 6.45) is 3.02. The number of piperidine rings is 1. The third-order valence-electron chi connectivity index (χ3n) is 7.26. The van der Waals surface area contributed by atoms with E-state index in [9.17, 15) is 23.3 Å². The van der Waals surface area contributed by atoms with E-state index in [0.29, 0.717) is 16.7 Å². The van der Waals surface area contributed by atoms with E-state index < -0.39 is 39.3 Å². The number of benzene rings is 2. The fourth-order valence-electron chi connectivity index (χ4n) is 5.57. The molecular weight excluding hydrogens is 507 g/mol. The van der Waals surface area contributed by atoms with Crippen LogP contribution in [0.4, 0.5) is 9.18 Å². The molecule has 38 heavy (non-hydrogen) atoms. The monoisotopic (exact) mass is 540 g/mol. The maximum absolute atomic E-state index is 15.1. The summed E-state index contributed by atoms with van der Waals surface area (Å²) in [4.78, 5) is 28.0. The molecule has 7 nitrogen and oxygen atoms in total. The van der Waals surface area contributed by atoms with Gasteiger partial charge in [0.05, 0.1) is 22.9 Å². The molecule has 4 rings (SSSR count). The Morgan fingerprint density at radius 3 is 2.50 bits per heavy atom. The first-order valence-corrected chi connectivity index (χ1v) is 14.7. The van der Waals surface area contributed by atoms with Gasteiger partial charge in [0, 0.05) is 18.7 Å². The highest BCUT2D eigenvalue weighted by Crippen LogP contribution is 2.44. The molecule has 9 heteroatoms. The second-order valence-electron chi connectivity index (χ2n) is 11.4. The number of likely N-dealkylation sites (tertiary alicyclic amines) is 1. The Kier molecular flexibility index (Phi) is 7.67. The zero-order chi connectivity index (χ0) is 27.8. The van der Waals surface area contributed by atoms with Crippen molar-refractivity contribution in [3.05, 3.63) is 53.8 Å². The van der Waals surface area contributed by atoms with Gasteiger partial charge in [0.2, 0.25) is 0 Å². The minimum atomic E-state index is -3.41. The van der Waals surface area contributed by atoms with E-state index in [4.69, 9.17) is 4.74 Å². The lowest BCUT2D eigenvalue weighted by Gasteiger charge is -2.35. The SMILES string of the molecule is CC(C)(C)OC(=O)N1[C@@H]2CC[C@@H](C2)[C@H]1C(=O)C[C@H](C#N)Cc1ccc(-c2cccc(S(C)(=O)=O)c2)cc1F. The van der Waals surface area contributed by atoms with Gasteiger partial charge in [-0.2, -0.15) is 5.26 Å². The number of nitriles is 1. The average Bonchev–Trinajstić information content (AvgIpc) is 3.45. The van der Waals surface area contributed by atoms with Crippen LogP contribution in [0.1, 0.15) is 52.0 Å². The zero-order valence-corrected chi connectivity index (χ0v) is 22.9. The number of nitrogens with zero attached hydrogens (tertiary/aromatic N) is 2. The highest BCUT2D eigenvalue weighted by atomic mass is 32.2. The molecular formula is C29H33FN2O5S. The van der Waals surface area contributed by atoms with Gasteiger partial charge in [-0.25, -0.2) is 17.6 Å². The van der Waals surface area contributed by atoms with Gasteiger partial charge in [-0.1, -0.05) is 24.3 Å². The van der Waals surface area contributed by atoms with Gasteiger partial charge >= 0.3 is 6.09 Å². The number of sulfone groups is 1. The molecule has 1 aliphatic heterocycles. The topological polar surface area (TPSA) is 105 Å². The Balaban J connectivity index is 1.47. The van der Waals surface area contributed by atoms with E-state index in [1.165, 1.54) is 18.2 Å². The van der Waals surface area contributed by atoms with Crippen molar-refractivity contribution in [2.24, 2.45) is 11.8 Å². The normalized spacial score (nSPS) is 21.7. The lowest BCUT2D eigenvalue weighted by molar-refractivity contribution is -0.126. The van der Waals surface area contributed by atoms with Gasteiger partial charge < -0.3 is 4.74 Å². The zero-order valence-electron chi connectivity index (χ0n) is 22.1. The molecule has 0 N–H and O–H groups in total. The molecule has 1 amide bonds. The third kappa shape index (κ3) is 6.07. The lowest BCUT2D eigenvalue weighted by atomic mass is 9.87. The molecule has 0 unspecified atom stereocenters. The summed E-state index contributed by atoms with van der Waals surface area (Å²) < 4.78 is 44.4. The number of fused-ring (bicyclic) bond motifs is 2. The fourth-order valence-corrected chi connectivity index (χ4v) is 6.24. The Morgan fingerprint density at radius 2 is 1.87 bits per heavy atom.